The molecule has 0 bridgehead atoms. The van der Waals surface area contributed by atoms with Crippen LogP contribution in [0.1, 0.15) is 36.8 Å². The Morgan fingerprint density at radius 3 is 2.59 bits per heavy atom. The maximum atomic E-state index is 12.3. The molecule has 1 aliphatic heterocycles. The minimum Gasteiger partial charge on any atom is -0.391 e. The van der Waals surface area contributed by atoms with E-state index in [2.05, 4.69) is 16.7 Å². The monoisotopic (exact) mass is 299 g/mol. The summed E-state index contributed by atoms with van der Waals surface area (Å²) in [5.41, 5.74) is 1.41. The Morgan fingerprint density at radius 2 is 2.09 bits per heavy atom. The SMILES string of the molecule is N#Cc1ccc(C2(NC(=O)C[C@@H]3CNC[C@H]3O)CCC2)cc1. The lowest BCUT2D eigenvalue weighted by Crippen LogP contribution is -2.51. The molecule has 1 heterocycles. The second kappa shape index (κ2) is 6.07. The highest BCUT2D eigenvalue weighted by Crippen LogP contribution is 2.41. The van der Waals surface area contributed by atoms with Crippen LogP contribution in [-0.2, 0) is 10.3 Å². The first-order valence-electron chi connectivity index (χ1n) is 7.83. The maximum Gasteiger partial charge on any atom is 0.221 e. The first-order chi connectivity index (χ1) is 10.6. The van der Waals surface area contributed by atoms with Gasteiger partial charge in [0.2, 0.25) is 5.91 Å². The van der Waals surface area contributed by atoms with Gasteiger partial charge in [-0.1, -0.05) is 12.1 Å². The predicted octanol–water partition coefficient (Wildman–Crippen LogP) is 1.02. The van der Waals surface area contributed by atoms with Crippen molar-refractivity contribution in [3.05, 3.63) is 35.4 Å². The number of benzene rings is 1. The molecule has 0 aromatic heterocycles. The molecule has 0 radical (unpaired) electrons. The van der Waals surface area contributed by atoms with Gasteiger partial charge in [0.15, 0.2) is 0 Å². The summed E-state index contributed by atoms with van der Waals surface area (Å²) in [5, 5.41) is 25.0. The Labute approximate surface area is 130 Å². The van der Waals surface area contributed by atoms with E-state index in [4.69, 9.17) is 5.26 Å². The minimum atomic E-state index is -0.432. The van der Waals surface area contributed by atoms with Crippen LogP contribution in [0.4, 0.5) is 0 Å². The number of rotatable bonds is 4. The fourth-order valence-electron chi connectivity index (χ4n) is 3.36. The van der Waals surface area contributed by atoms with Gasteiger partial charge in [0.05, 0.1) is 23.3 Å². The van der Waals surface area contributed by atoms with Crippen molar-refractivity contribution in [1.29, 1.82) is 5.26 Å². The Morgan fingerprint density at radius 1 is 1.36 bits per heavy atom. The number of nitrogens with one attached hydrogen (secondary N) is 2. The number of aliphatic hydroxyl groups is 1. The normalized spacial score (nSPS) is 26.0. The minimum absolute atomic E-state index is 0.00177. The number of hydrogen-bond donors (Lipinski definition) is 3. The molecule has 1 amide bonds. The van der Waals surface area contributed by atoms with Crippen LogP contribution in [0.2, 0.25) is 0 Å². The topological polar surface area (TPSA) is 85.2 Å². The van der Waals surface area contributed by atoms with Gasteiger partial charge in [-0.3, -0.25) is 4.79 Å². The average Bonchev–Trinajstić information content (AvgIpc) is 2.88. The molecule has 2 atom stereocenters. The summed E-state index contributed by atoms with van der Waals surface area (Å²) in [5.74, 6) is -0.00472. The van der Waals surface area contributed by atoms with Crippen LogP contribution in [0.5, 0.6) is 0 Å². The van der Waals surface area contributed by atoms with E-state index in [1.54, 1.807) is 12.1 Å². The van der Waals surface area contributed by atoms with Crippen molar-refractivity contribution in [2.45, 2.75) is 37.3 Å². The fraction of sp³-hybridized carbons (Fsp3) is 0.529. The Hall–Kier alpha value is -1.90. The van der Waals surface area contributed by atoms with E-state index in [-0.39, 0.29) is 17.4 Å². The first kappa shape index (κ1) is 15.0. The molecule has 2 fully saturated rings. The summed E-state index contributed by atoms with van der Waals surface area (Å²) in [4.78, 5) is 12.3. The fourth-order valence-corrected chi connectivity index (χ4v) is 3.36. The highest BCUT2D eigenvalue weighted by Gasteiger charge is 2.40. The van der Waals surface area contributed by atoms with Crippen molar-refractivity contribution in [3.63, 3.8) is 0 Å². The van der Waals surface area contributed by atoms with Gasteiger partial charge in [-0.25, -0.2) is 0 Å². The molecular weight excluding hydrogens is 278 g/mol. The van der Waals surface area contributed by atoms with Crippen LogP contribution in [-0.4, -0.2) is 30.2 Å². The molecule has 3 N–H and O–H groups in total. The second-order valence-electron chi connectivity index (χ2n) is 6.36. The number of carbonyl (C=O) groups is 1. The van der Waals surface area contributed by atoms with Gasteiger partial charge in [-0.15, -0.1) is 0 Å². The van der Waals surface area contributed by atoms with Crippen LogP contribution in [0.25, 0.3) is 0 Å². The molecule has 5 nitrogen and oxygen atoms in total. The van der Waals surface area contributed by atoms with Crippen molar-refractivity contribution in [3.8, 4) is 6.07 Å². The quantitative estimate of drug-likeness (QED) is 0.775. The van der Waals surface area contributed by atoms with Crippen LogP contribution in [0.3, 0.4) is 0 Å². The van der Waals surface area contributed by atoms with Gasteiger partial charge < -0.3 is 15.7 Å². The summed E-state index contributed by atoms with van der Waals surface area (Å²) < 4.78 is 0. The third kappa shape index (κ3) is 2.85. The van der Waals surface area contributed by atoms with Gasteiger partial charge in [-0.05, 0) is 37.0 Å². The molecule has 116 valence electrons. The molecule has 1 aliphatic carbocycles. The van der Waals surface area contributed by atoms with E-state index >= 15 is 0 Å². The van der Waals surface area contributed by atoms with Crippen molar-refractivity contribution < 1.29 is 9.90 Å². The highest BCUT2D eigenvalue weighted by molar-refractivity contribution is 5.77. The Kier molecular flexibility index (Phi) is 4.14. The van der Waals surface area contributed by atoms with E-state index in [1.165, 1.54) is 0 Å². The molecule has 1 aromatic rings. The largest absolute Gasteiger partial charge is 0.391 e. The Balaban J connectivity index is 1.67. The smallest absolute Gasteiger partial charge is 0.221 e. The van der Waals surface area contributed by atoms with Crippen molar-refractivity contribution in [1.82, 2.24) is 10.6 Å². The van der Waals surface area contributed by atoms with Crippen molar-refractivity contribution in [2.75, 3.05) is 13.1 Å². The number of hydrogen-bond acceptors (Lipinski definition) is 4. The predicted molar refractivity (Wildman–Crippen MR) is 81.8 cm³/mol. The van der Waals surface area contributed by atoms with E-state index in [0.717, 1.165) is 24.8 Å². The molecular formula is C17H21N3O2. The van der Waals surface area contributed by atoms with Crippen LogP contribution >= 0.6 is 0 Å². The molecule has 22 heavy (non-hydrogen) atoms. The zero-order valence-corrected chi connectivity index (χ0v) is 12.5. The average molecular weight is 299 g/mol. The van der Waals surface area contributed by atoms with E-state index < -0.39 is 6.10 Å². The summed E-state index contributed by atoms with van der Waals surface area (Å²) >= 11 is 0. The molecule has 0 spiro atoms. The van der Waals surface area contributed by atoms with Crippen LogP contribution in [0, 0.1) is 17.2 Å². The molecule has 3 rings (SSSR count). The third-order valence-corrected chi connectivity index (χ3v) is 4.90. The number of aliphatic hydroxyl groups excluding tert-OH is 1. The zero-order valence-electron chi connectivity index (χ0n) is 12.5. The molecule has 2 aliphatic rings. The number of nitriles is 1. The summed E-state index contributed by atoms with van der Waals surface area (Å²) in [6, 6.07) is 9.58. The lowest BCUT2D eigenvalue weighted by Gasteiger charge is -2.43. The molecule has 5 heteroatoms. The van der Waals surface area contributed by atoms with E-state index in [0.29, 0.717) is 25.1 Å². The standard InChI is InChI=1S/C17H21N3O2/c18-9-12-2-4-14(5-3-12)17(6-1-7-17)20-16(22)8-13-10-19-11-15(13)21/h2-5,13,15,19,21H,1,6-8,10-11H2,(H,20,22)/t13-,15-/m1/s1. The van der Waals surface area contributed by atoms with Gasteiger partial charge in [0.25, 0.3) is 0 Å². The van der Waals surface area contributed by atoms with Crippen LogP contribution in [0.15, 0.2) is 24.3 Å². The lowest BCUT2D eigenvalue weighted by atomic mass is 9.71. The van der Waals surface area contributed by atoms with Gasteiger partial charge >= 0.3 is 0 Å². The summed E-state index contributed by atoms with van der Waals surface area (Å²) in [6.07, 6.45) is 2.87. The van der Waals surface area contributed by atoms with Crippen molar-refractivity contribution in [2.24, 2.45) is 5.92 Å². The van der Waals surface area contributed by atoms with E-state index in [9.17, 15) is 9.90 Å². The maximum absolute atomic E-state index is 12.3. The second-order valence-corrected chi connectivity index (χ2v) is 6.36. The zero-order chi connectivity index (χ0) is 15.6. The lowest BCUT2D eigenvalue weighted by molar-refractivity contribution is -0.125. The van der Waals surface area contributed by atoms with Gasteiger partial charge in [0, 0.05) is 25.4 Å². The van der Waals surface area contributed by atoms with Crippen LogP contribution < -0.4 is 10.6 Å². The number of carbonyl (C=O) groups excluding carboxylic acids is 1. The summed E-state index contributed by atoms with van der Waals surface area (Å²) in [6.45, 7) is 1.26. The number of β-amino-alcohol motifs (C(OH)–C–C–N with tert-alkyl or cyclic N) is 1. The van der Waals surface area contributed by atoms with Gasteiger partial charge in [0.1, 0.15) is 0 Å². The number of amides is 1. The molecule has 1 aromatic carbocycles. The molecule has 0 unspecified atom stereocenters. The third-order valence-electron chi connectivity index (χ3n) is 4.90. The van der Waals surface area contributed by atoms with Crippen molar-refractivity contribution >= 4 is 5.91 Å². The summed E-state index contributed by atoms with van der Waals surface area (Å²) in [7, 11) is 0. The highest BCUT2D eigenvalue weighted by atomic mass is 16.3. The molecule has 1 saturated heterocycles. The van der Waals surface area contributed by atoms with Gasteiger partial charge in [-0.2, -0.15) is 5.26 Å². The first-order valence-corrected chi connectivity index (χ1v) is 7.83. The Bertz CT molecular complexity index is 587. The number of nitrogens with zero attached hydrogens (tertiary/aromatic N) is 1. The molecule has 1 saturated carbocycles. The van der Waals surface area contributed by atoms with E-state index in [1.807, 2.05) is 12.1 Å².